The van der Waals surface area contributed by atoms with Gasteiger partial charge < -0.3 is 21.1 Å². The molecule has 2 heterocycles. The lowest BCUT2D eigenvalue weighted by Gasteiger charge is -2.39. The minimum Gasteiger partial charge on any atom is -0.468 e. The van der Waals surface area contributed by atoms with Gasteiger partial charge in [0.05, 0.1) is 23.6 Å². The van der Waals surface area contributed by atoms with Crippen molar-refractivity contribution in [3.63, 3.8) is 0 Å². The van der Waals surface area contributed by atoms with Crippen molar-refractivity contribution < 1.29 is 14.3 Å². The molecule has 194 valence electrons. The van der Waals surface area contributed by atoms with Gasteiger partial charge in [-0.15, -0.1) is 0 Å². The molecule has 0 bridgehead atoms. The van der Waals surface area contributed by atoms with Gasteiger partial charge in [-0.1, -0.05) is 43.3 Å². The molecule has 4 N–H and O–H groups in total. The van der Waals surface area contributed by atoms with E-state index in [2.05, 4.69) is 38.2 Å². The molecular weight excluding hydrogens is 526 g/mol. The van der Waals surface area contributed by atoms with Crippen LogP contribution in [0.15, 0.2) is 58.6 Å². The number of hydrogen-bond acceptors (Lipinski definition) is 6. The molecule has 1 aromatic heterocycles. The zero-order valence-electron chi connectivity index (χ0n) is 21.2. The van der Waals surface area contributed by atoms with Crippen LogP contribution in [0.2, 0.25) is 0 Å². The van der Waals surface area contributed by atoms with Crippen LogP contribution in [0.1, 0.15) is 32.9 Å². The predicted molar refractivity (Wildman–Crippen MR) is 143 cm³/mol. The molecule has 1 aromatic carbocycles. The van der Waals surface area contributed by atoms with Crippen LogP contribution in [-0.2, 0) is 18.4 Å². The molecule has 0 saturated heterocycles. The number of anilines is 1. The Balaban J connectivity index is 1.65. The molecule has 1 aliphatic rings. The number of aryl methyl sites for hydroxylation is 1. The van der Waals surface area contributed by atoms with Gasteiger partial charge in [-0.3, -0.25) is 14.6 Å². The van der Waals surface area contributed by atoms with E-state index in [0.29, 0.717) is 54.1 Å². The Morgan fingerprint density at radius 2 is 1.94 bits per heavy atom. The first-order valence-corrected chi connectivity index (χ1v) is 12.6. The molecule has 0 radical (unpaired) electrons. The summed E-state index contributed by atoms with van der Waals surface area (Å²) in [5.74, 6) is 0.773. The third kappa shape index (κ3) is 6.60. The number of carbonyl (C=O) groups excluding carboxylic acids is 2. The number of nitrogens with one attached hydrogen (secondary N) is 2. The highest BCUT2D eigenvalue weighted by Gasteiger charge is 2.34. The van der Waals surface area contributed by atoms with E-state index in [1.807, 2.05) is 32.9 Å². The first kappa shape index (κ1) is 27.1. The zero-order chi connectivity index (χ0) is 26.4. The maximum Gasteiger partial charge on any atom is 0.330 e. The molecule has 36 heavy (non-hydrogen) atoms. The number of halogens is 1. The molecule has 0 aliphatic carbocycles. The van der Waals surface area contributed by atoms with Gasteiger partial charge in [0.25, 0.3) is 5.91 Å². The highest BCUT2D eigenvalue weighted by atomic mass is 79.9. The molecule has 2 aromatic rings. The Hall–Kier alpha value is -3.47. The lowest BCUT2D eigenvalue weighted by atomic mass is 10.1. The van der Waals surface area contributed by atoms with E-state index >= 15 is 0 Å². The molecule has 0 unspecified atom stereocenters. The van der Waals surface area contributed by atoms with E-state index in [4.69, 9.17) is 10.5 Å². The number of rotatable bonds is 11. The summed E-state index contributed by atoms with van der Waals surface area (Å²) in [6.07, 6.45) is 0.795. The van der Waals surface area contributed by atoms with Crippen LogP contribution in [0.4, 0.5) is 10.5 Å². The molecule has 3 amide bonds. The van der Waals surface area contributed by atoms with Crippen LogP contribution >= 0.6 is 15.9 Å². The van der Waals surface area contributed by atoms with Crippen molar-refractivity contribution in [3.05, 3.63) is 64.3 Å². The molecule has 11 heteroatoms. The van der Waals surface area contributed by atoms with Crippen LogP contribution in [-0.4, -0.2) is 51.2 Å². The van der Waals surface area contributed by atoms with Crippen molar-refractivity contribution >= 4 is 33.6 Å². The second kappa shape index (κ2) is 12.0. The van der Waals surface area contributed by atoms with Gasteiger partial charge in [-0.05, 0) is 36.6 Å². The van der Waals surface area contributed by atoms with E-state index in [1.54, 1.807) is 39.7 Å². The lowest BCUT2D eigenvalue weighted by molar-refractivity contribution is -0.118. The Morgan fingerprint density at radius 1 is 1.25 bits per heavy atom. The summed E-state index contributed by atoms with van der Waals surface area (Å²) in [5, 5.41) is 10.5. The molecule has 10 nitrogen and oxygen atoms in total. The zero-order valence-corrected chi connectivity index (χ0v) is 22.8. The average molecular weight is 560 g/mol. The van der Waals surface area contributed by atoms with Gasteiger partial charge in [0.2, 0.25) is 5.88 Å². The van der Waals surface area contributed by atoms with E-state index in [9.17, 15) is 9.59 Å². The van der Waals surface area contributed by atoms with E-state index in [0.717, 1.165) is 10.9 Å². The molecule has 0 saturated carbocycles. The van der Waals surface area contributed by atoms with Gasteiger partial charge in [0.15, 0.2) is 6.61 Å². The summed E-state index contributed by atoms with van der Waals surface area (Å²) < 4.78 is 8.16. The van der Waals surface area contributed by atoms with Crippen LogP contribution in [0.25, 0.3) is 0 Å². The summed E-state index contributed by atoms with van der Waals surface area (Å²) in [6, 6.07) is 8.88. The fourth-order valence-corrected chi connectivity index (χ4v) is 4.01. The van der Waals surface area contributed by atoms with Crippen molar-refractivity contribution in [2.45, 2.75) is 33.7 Å². The summed E-state index contributed by atoms with van der Waals surface area (Å²) in [6.45, 7) is 11.4. The number of hydrogen-bond donors (Lipinski definition) is 3. The van der Waals surface area contributed by atoms with Gasteiger partial charge in [0.1, 0.15) is 5.82 Å². The molecule has 0 fully saturated rings. The van der Waals surface area contributed by atoms with E-state index in [1.165, 1.54) is 0 Å². The van der Waals surface area contributed by atoms with Crippen molar-refractivity contribution in [1.82, 2.24) is 24.9 Å². The van der Waals surface area contributed by atoms with Crippen molar-refractivity contribution in [2.24, 2.45) is 18.7 Å². The largest absolute Gasteiger partial charge is 0.468 e. The van der Waals surface area contributed by atoms with Crippen LogP contribution < -0.4 is 21.1 Å². The van der Waals surface area contributed by atoms with Crippen molar-refractivity contribution in [2.75, 3.05) is 25.0 Å². The Labute approximate surface area is 220 Å². The van der Waals surface area contributed by atoms with E-state index < -0.39 is 0 Å². The minimum absolute atomic E-state index is 0.157. The number of urea groups is 1. The molecule has 3 rings (SSSR count). The highest BCUT2D eigenvalue weighted by Crippen LogP contribution is 2.26. The SMILES string of the molecule is C=C1C(NCc2cc(OCC(=O)Nc3ccc(Br)cc3)n(C)n2)=C(N)N(CC(C)C)C(=O)N1CCC. The van der Waals surface area contributed by atoms with Crippen LogP contribution in [0, 0.1) is 5.92 Å². The maximum absolute atomic E-state index is 13.0. The Bertz CT molecular complexity index is 1140. The summed E-state index contributed by atoms with van der Waals surface area (Å²) in [7, 11) is 1.74. The topological polar surface area (TPSA) is 118 Å². The number of benzene rings is 1. The van der Waals surface area contributed by atoms with Gasteiger partial charge >= 0.3 is 6.03 Å². The number of aromatic nitrogens is 2. The number of nitrogens with zero attached hydrogens (tertiary/aromatic N) is 4. The Morgan fingerprint density at radius 3 is 2.58 bits per heavy atom. The maximum atomic E-state index is 13.0. The monoisotopic (exact) mass is 559 g/mol. The van der Waals surface area contributed by atoms with Crippen LogP contribution in [0.5, 0.6) is 5.88 Å². The van der Waals surface area contributed by atoms with Crippen LogP contribution in [0.3, 0.4) is 0 Å². The fourth-order valence-electron chi connectivity index (χ4n) is 3.75. The summed E-state index contributed by atoms with van der Waals surface area (Å²) >= 11 is 3.37. The minimum atomic E-state index is -0.277. The molecular formula is C25H34BrN7O3. The van der Waals surface area contributed by atoms with Gasteiger partial charge in [0, 0.05) is 36.4 Å². The first-order valence-electron chi connectivity index (χ1n) is 11.8. The first-order chi connectivity index (χ1) is 17.1. The third-order valence-electron chi connectivity index (χ3n) is 5.43. The Kier molecular flexibility index (Phi) is 9.03. The number of carbonyl (C=O) groups is 2. The quantitative estimate of drug-likeness (QED) is 0.386. The van der Waals surface area contributed by atoms with Gasteiger partial charge in [-0.25, -0.2) is 9.48 Å². The third-order valence-corrected chi connectivity index (χ3v) is 5.96. The molecule has 0 spiro atoms. The predicted octanol–water partition coefficient (Wildman–Crippen LogP) is 3.73. The molecule has 0 atom stereocenters. The van der Waals surface area contributed by atoms with Gasteiger partial charge in [-0.2, -0.15) is 5.10 Å². The smallest absolute Gasteiger partial charge is 0.330 e. The normalized spacial score (nSPS) is 14.1. The van der Waals surface area contributed by atoms with Crippen molar-refractivity contribution in [1.29, 1.82) is 0 Å². The lowest BCUT2D eigenvalue weighted by Crippen LogP contribution is -2.52. The van der Waals surface area contributed by atoms with E-state index in [-0.39, 0.29) is 24.5 Å². The fraction of sp³-hybridized carbons (Fsp3) is 0.400. The highest BCUT2D eigenvalue weighted by molar-refractivity contribution is 9.10. The average Bonchev–Trinajstić information content (AvgIpc) is 3.18. The number of amides is 3. The molecule has 1 aliphatic heterocycles. The number of ether oxygens (including phenoxy) is 1. The standard InChI is InChI=1S/C25H34BrN7O3/c1-6-11-32-17(4)23(24(27)33(25(32)35)14-16(2)3)28-13-20-12-22(31(5)30-20)36-15-21(34)29-19-9-7-18(26)8-10-19/h7-10,12,16,28H,4,6,11,13-15,27H2,1-3,5H3,(H,29,34). The second-order valence-electron chi connectivity index (χ2n) is 8.94. The number of nitrogens with two attached hydrogens (primary N) is 1. The summed E-state index contributed by atoms with van der Waals surface area (Å²) in [5.41, 5.74) is 8.91. The summed E-state index contributed by atoms with van der Waals surface area (Å²) in [4.78, 5) is 28.5. The second-order valence-corrected chi connectivity index (χ2v) is 9.86. The van der Waals surface area contributed by atoms with Crippen molar-refractivity contribution in [3.8, 4) is 5.88 Å².